The third-order valence-electron chi connectivity index (χ3n) is 2.64. The molecule has 0 atom stereocenters. The van der Waals surface area contributed by atoms with E-state index in [0.717, 1.165) is 0 Å². The summed E-state index contributed by atoms with van der Waals surface area (Å²) in [7, 11) is 0. The van der Waals surface area contributed by atoms with Crippen LogP contribution < -0.4 is 10.6 Å². The average molecular weight is 395 g/mol. The Morgan fingerprint density at radius 2 is 2.09 bits per heavy atom. The molecule has 118 valence electrons. The molecule has 1 aromatic heterocycles. The molecule has 0 fully saturated rings. The summed E-state index contributed by atoms with van der Waals surface area (Å²) in [4.78, 5) is 22.9. The summed E-state index contributed by atoms with van der Waals surface area (Å²) in [6.07, 6.45) is 4.23. The van der Waals surface area contributed by atoms with Gasteiger partial charge in [-0.25, -0.2) is 4.79 Å². The standard InChI is InChI=1S/C15H11BrN2O4S/c16-9-3-5-12(11(8-9)14(20)21)17-15(23)18-13(19)6-4-10-2-1-7-22-10/h1-8H,(H,20,21)(H2,17,18,19,23). The number of rotatable bonds is 4. The number of carboxylic acids is 1. The van der Waals surface area contributed by atoms with E-state index in [1.54, 1.807) is 24.3 Å². The van der Waals surface area contributed by atoms with Gasteiger partial charge >= 0.3 is 5.97 Å². The highest BCUT2D eigenvalue weighted by molar-refractivity contribution is 9.10. The average Bonchev–Trinajstić information content (AvgIpc) is 3.00. The Morgan fingerprint density at radius 1 is 1.30 bits per heavy atom. The molecule has 1 heterocycles. The van der Waals surface area contributed by atoms with E-state index in [-0.39, 0.29) is 16.4 Å². The fourth-order valence-electron chi connectivity index (χ4n) is 1.65. The number of benzene rings is 1. The van der Waals surface area contributed by atoms with Gasteiger partial charge in [0.25, 0.3) is 0 Å². The van der Waals surface area contributed by atoms with Crippen LogP contribution in [0.25, 0.3) is 6.08 Å². The second kappa shape index (κ2) is 7.70. The molecule has 1 amide bonds. The molecule has 23 heavy (non-hydrogen) atoms. The van der Waals surface area contributed by atoms with Crippen molar-refractivity contribution in [3.8, 4) is 0 Å². The Balaban J connectivity index is 2.00. The molecule has 2 rings (SSSR count). The smallest absolute Gasteiger partial charge is 0.337 e. The van der Waals surface area contributed by atoms with E-state index in [2.05, 4.69) is 26.6 Å². The van der Waals surface area contributed by atoms with Gasteiger partial charge in [0.05, 0.1) is 17.5 Å². The fraction of sp³-hybridized carbons (Fsp3) is 0. The third kappa shape index (κ3) is 5.04. The minimum absolute atomic E-state index is 0.0103. The molecule has 0 unspecified atom stereocenters. The van der Waals surface area contributed by atoms with Crippen molar-refractivity contribution < 1.29 is 19.1 Å². The predicted molar refractivity (Wildman–Crippen MR) is 93.2 cm³/mol. The van der Waals surface area contributed by atoms with Crippen LogP contribution in [0.1, 0.15) is 16.1 Å². The van der Waals surface area contributed by atoms with Crippen molar-refractivity contribution in [1.82, 2.24) is 5.32 Å². The van der Waals surface area contributed by atoms with Gasteiger partial charge in [-0.2, -0.15) is 0 Å². The van der Waals surface area contributed by atoms with Crippen LogP contribution in [0.5, 0.6) is 0 Å². The van der Waals surface area contributed by atoms with Gasteiger partial charge in [-0.05, 0) is 48.6 Å². The van der Waals surface area contributed by atoms with Gasteiger partial charge in [-0.3, -0.25) is 10.1 Å². The van der Waals surface area contributed by atoms with Crippen molar-refractivity contribution in [2.24, 2.45) is 0 Å². The van der Waals surface area contributed by atoms with Crippen molar-refractivity contribution >= 4 is 56.9 Å². The molecule has 0 saturated heterocycles. The number of aromatic carboxylic acids is 1. The van der Waals surface area contributed by atoms with Crippen LogP contribution in [0.15, 0.2) is 51.6 Å². The van der Waals surface area contributed by atoms with Crippen molar-refractivity contribution in [2.75, 3.05) is 5.32 Å². The molecule has 0 bridgehead atoms. The maximum absolute atomic E-state index is 11.7. The van der Waals surface area contributed by atoms with Crippen LogP contribution in [0.3, 0.4) is 0 Å². The normalized spacial score (nSPS) is 10.5. The summed E-state index contributed by atoms with van der Waals surface area (Å²) >= 11 is 8.20. The van der Waals surface area contributed by atoms with Gasteiger partial charge in [0.15, 0.2) is 5.11 Å². The number of anilines is 1. The zero-order valence-corrected chi connectivity index (χ0v) is 14.0. The van der Waals surface area contributed by atoms with Crippen LogP contribution in [0.4, 0.5) is 5.69 Å². The molecule has 2 aromatic rings. The number of hydrogen-bond acceptors (Lipinski definition) is 4. The highest BCUT2D eigenvalue weighted by Gasteiger charge is 2.12. The predicted octanol–water partition coefficient (Wildman–Crippen LogP) is 3.27. The highest BCUT2D eigenvalue weighted by Crippen LogP contribution is 2.21. The SMILES string of the molecule is O=C(C=Cc1ccco1)NC(=S)Nc1ccc(Br)cc1C(=O)O. The van der Waals surface area contributed by atoms with E-state index in [1.165, 1.54) is 24.5 Å². The van der Waals surface area contributed by atoms with Gasteiger partial charge < -0.3 is 14.8 Å². The Labute approximate surface area is 145 Å². The summed E-state index contributed by atoms with van der Waals surface area (Å²) < 4.78 is 5.67. The number of carbonyl (C=O) groups excluding carboxylic acids is 1. The molecule has 0 aliphatic rings. The van der Waals surface area contributed by atoms with E-state index in [0.29, 0.717) is 10.2 Å². The van der Waals surface area contributed by atoms with Crippen molar-refractivity contribution in [3.63, 3.8) is 0 Å². The number of carboxylic acid groups (broad SMARTS) is 1. The van der Waals surface area contributed by atoms with E-state index < -0.39 is 11.9 Å². The van der Waals surface area contributed by atoms with Crippen molar-refractivity contribution in [3.05, 3.63) is 58.5 Å². The Kier molecular flexibility index (Phi) is 5.67. The molecule has 3 N–H and O–H groups in total. The van der Waals surface area contributed by atoms with Crippen molar-refractivity contribution in [2.45, 2.75) is 0 Å². The molecule has 0 spiro atoms. The summed E-state index contributed by atoms with van der Waals surface area (Å²) in [5.41, 5.74) is 0.308. The van der Waals surface area contributed by atoms with E-state index in [9.17, 15) is 9.59 Å². The molecule has 0 radical (unpaired) electrons. The first kappa shape index (κ1) is 16.9. The molecule has 1 aromatic carbocycles. The lowest BCUT2D eigenvalue weighted by molar-refractivity contribution is -0.115. The minimum Gasteiger partial charge on any atom is -0.478 e. The van der Waals surface area contributed by atoms with E-state index in [4.69, 9.17) is 21.7 Å². The van der Waals surface area contributed by atoms with Crippen LogP contribution in [-0.2, 0) is 4.79 Å². The van der Waals surface area contributed by atoms with Gasteiger partial charge in [0, 0.05) is 10.5 Å². The number of amides is 1. The van der Waals surface area contributed by atoms with Crippen molar-refractivity contribution in [1.29, 1.82) is 0 Å². The minimum atomic E-state index is -1.11. The lowest BCUT2D eigenvalue weighted by atomic mass is 10.2. The van der Waals surface area contributed by atoms with Gasteiger partial charge in [-0.15, -0.1) is 0 Å². The Bertz CT molecular complexity index is 772. The number of furan rings is 1. The quantitative estimate of drug-likeness (QED) is 0.544. The summed E-state index contributed by atoms with van der Waals surface area (Å²) in [5, 5.41) is 14.3. The number of nitrogens with one attached hydrogen (secondary N) is 2. The number of halogens is 1. The maximum atomic E-state index is 11.7. The fourth-order valence-corrected chi connectivity index (χ4v) is 2.23. The Morgan fingerprint density at radius 3 is 2.74 bits per heavy atom. The monoisotopic (exact) mass is 394 g/mol. The topological polar surface area (TPSA) is 91.6 Å². The summed E-state index contributed by atoms with van der Waals surface area (Å²) in [5.74, 6) is -1.05. The molecule has 8 heteroatoms. The first-order valence-corrected chi connectivity index (χ1v) is 7.52. The first-order valence-electron chi connectivity index (χ1n) is 6.32. The third-order valence-corrected chi connectivity index (χ3v) is 3.34. The van der Waals surface area contributed by atoms with Gasteiger partial charge in [-0.1, -0.05) is 15.9 Å². The van der Waals surface area contributed by atoms with Crippen LogP contribution in [-0.4, -0.2) is 22.1 Å². The summed E-state index contributed by atoms with van der Waals surface area (Å²) in [6, 6.07) is 8.04. The van der Waals surface area contributed by atoms with E-state index in [1.807, 2.05) is 0 Å². The largest absolute Gasteiger partial charge is 0.478 e. The number of hydrogen-bond donors (Lipinski definition) is 3. The summed E-state index contributed by atoms with van der Waals surface area (Å²) in [6.45, 7) is 0. The molecular weight excluding hydrogens is 384 g/mol. The lowest BCUT2D eigenvalue weighted by Gasteiger charge is -2.11. The second-order valence-corrected chi connectivity index (χ2v) is 5.61. The van der Waals surface area contributed by atoms with Crippen LogP contribution >= 0.6 is 28.1 Å². The zero-order chi connectivity index (χ0) is 16.8. The van der Waals surface area contributed by atoms with Gasteiger partial charge in [0.2, 0.25) is 5.91 Å². The lowest BCUT2D eigenvalue weighted by Crippen LogP contribution is -2.33. The number of thiocarbonyl (C=S) groups is 1. The van der Waals surface area contributed by atoms with Crippen LogP contribution in [0, 0.1) is 0 Å². The van der Waals surface area contributed by atoms with Crippen LogP contribution in [0.2, 0.25) is 0 Å². The molecule has 0 aliphatic heterocycles. The molecule has 0 aliphatic carbocycles. The maximum Gasteiger partial charge on any atom is 0.337 e. The van der Waals surface area contributed by atoms with Gasteiger partial charge in [0.1, 0.15) is 5.76 Å². The first-order chi connectivity index (χ1) is 11.0. The zero-order valence-electron chi connectivity index (χ0n) is 11.6. The second-order valence-electron chi connectivity index (χ2n) is 4.29. The molecule has 0 saturated carbocycles. The number of carbonyl (C=O) groups is 2. The molecular formula is C15H11BrN2O4S. The Hall–Kier alpha value is -2.45. The highest BCUT2D eigenvalue weighted by atomic mass is 79.9. The van der Waals surface area contributed by atoms with E-state index >= 15 is 0 Å². The molecule has 6 nitrogen and oxygen atoms in total.